The van der Waals surface area contributed by atoms with E-state index < -0.39 is 5.79 Å². The predicted octanol–water partition coefficient (Wildman–Crippen LogP) is 6.20. The summed E-state index contributed by atoms with van der Waals surface area (Å²) in [5, 5.41) is 23.5. The molecule has 35 heavy (non-hydrogen) atoms. The van der Waals surface area contributed by atoms with Crippen LogP contribution in [0.25, 0.3) is 0 Å². The predicted molar refractivity (Wildman–Crippen MR) is 140 cm³/mol. The minimum absolute atomic E-state index is 0.125. The Bertz CT molecular complexity index is 819. The van der Waals surface area contributed by atoms with Crippen molar-refractivity contribution in [3.63, 3.8) is 0 Å². The van der Waals surface area contributed by atoms with Crippen molar-refractivity contribution in [2.45, 2.75) is 110 Å². The first kappa shape index (κ1) is 26.2. The number of aliphatic hydroxyl groups excluding tert-OH is 2. The summed E-state index contributed by atoms with van der Waals surface area (Å²) >= 11 is 0. The molecule has 0 spiro atoms. The molecule has 0 aliphatic heterocycles. The van der Waals surface area contributed by atoms with Gasteiger partial charge in [-0.15, -0.1) is 0 Å². The molecule has 5 fully saturated rings. The Morgan fingerprint density at radius 1 is 1.03 bits per heavy atom. The molecule has 200 valence electrons. The number of methoxy groups -OCH3 is 2. The summed E-state index contributed by atoms with van der Waals surface area (Å²) in [5.41, 5.74) is 1.50. The lowest BCUT2D eigenvalue weighted by Crippen LogP contribution is -2.63. The maximum absolute atomic E-state index is 11.8. The van der Waals surface area contributed by atoms with E-state index in [2.05, 4.69) is 40.7 Å². The van der Waals surface area contributed by atoms with Gasteiger partial charge >= 0.3 is 0 Å². The topological polar surface area (TPSA) is 58.9 Å². The monoisotopic (exact) mass is 488 g/mol. The minimum Gasteiger partial charge on any atom is -0.393 e. The zero-order valence-electron chi connectivity index (χ0n) is 23.4. The van der Waals surface area contributed by atoms with Crippen LogP contribution in [0.4, 0.5) is 0 Å². The van der Waals surface area contributed by atoms with Crippen molar-refractivity contribution in [1.29, 1.82) is 0 Å². The summed E-state index contributed by atoms with van der Waals surface area (Å²) in [7, 11) is 3.51. The van der Waals surface area contributed by atoms with Crippen LogP contribution in [0.1, 0.15) is 92.4 Å². The summed E-state index contributed by atoms with van der Waals surface area (Å²) in [6, 6.07) is 0. The number of ether oxygens (including phenoxy) is 2. The Hall–Kier alpha value is -0.420. The number of hydrogen-bond donors (Lipinski definition) is 2. The molecule has 0 aromatic rings. The van der Waals surface area contributed by atoms with E-state index in [1.165, 1.54) is 18.4 Å². The molecule has 0 aromatic heterocycles. The fraction of sp³-hybridized carbons (Fsp3) is 0.935. The van der Waals surface area contributed by atoms with Crippen LogP contribution < -0.4 is 0 Å². The van der Waals surface area contributed by atoms with E-state index in [1.54, 1.807) is 14.2 Å². The van der Waals surface area contributed by atoms with Crippen molar-refractivity contribution < 1.29 is 19.7 Å². The van der Waals surface area contributed by atoms with Crippen molar-refractivity contribution in [2.24, 2.45) is 58.2 Å². The second-order valence-electron chi connectivity index (χ2n) is 14.1. The highest BCUT2D eigenvalue weighted by atomic mass is 16.7. The van der Waals surface area contributed by atoms with Gasteiger partial charge in [0.25, 0.3) is 0 Å². The first-order valence-corrected chi connectivity index (χ1v) is 14.6. The maximum atomic E-state index is 11.8. The lowest BCUT2D eigenvalue weighted by molar-refractivity contribution is -0.274. The quantitative estimate of drug-likeness (QED) is 0.345. The van der Waals surface area contributed by atoms with Gasteiger partial charge in [-0.05, 0) is 105 Å². The summed E-state index contributed by atoms with van der Waals surface area (Å²) in [5.74, 6) is 3.93. The maximum Gasteiger partial charge on any atom is 0.167 e. The van der Waals surface area contributed by atoms with E-state index in [0.717, 1.165) is 62.7 Å². The lowest BCUT2D eigenvalue weighted by atomic mass is 9.43. The molecule has 5 saturated carbocycles. The summed E-state index contributed by atoms with van der Waals surface area (Å²) in [4.78, 5) is 0. The van der Waals surface area contributed by atoms with Gasteiger partial charge in [0.1, 0.15) is 0 Å². The van der Waals surface area contributed by atoms with E-state index in [1.807, 2.05) is 0 Å². The van der Waals surface area contributed by atoms with Crippen LogP contribution in [0.15, 0.2) is 11.6 Å². The SMILES string of the molecule is COC1(OC)CC[C@@]2(C)[C@@H](C[C@@H](O)[C@@H]3[C@@H]2C[C@@H](O)[C@]2(C)[C@@H](/C(C)=C/C[C@@H](C)[C@@H]4C[C@H]4C)CC[C@@H]32)C1. The van der Waals surface area contributed by atoms with Gasteiger partial charge in [-0.1, -0.05) is 39.3 Å². The van der Waals surface area contributed by atoms with Crippen LogP contribution in [0.3, 0.4) is 0 Å². The number of hydrogen-bond acceptors (Lipinski definition) is 4. The molecule has 5 aliphatic rings. The van der Waals surface area contributed by atoms with Gasteiger partial charge in [0.2, 0.25) is 0 Å². The van der Waals surface area contributed by atoms with Crippen molar-refractivity contribution >= 4 is 0 Å². The Balaban J connectivity index is 1.37. The highest BCUT2D eigenvalue weighted by Gasteiger charge is 2.66. The van der Waals surface area contributed by atoms with E-state index in [-0.39, 0.29) is 23.0 Å². The largest absolute Gasteiger partial charge is 0.393 e. The molecule has 5 aliphatic carbocycles. The van der Waals surface area contributed by atoms with E-state index in [0.29, 0.717) is 29.6 Å². The second-order valence-corrected chi connectivity index (χ2v) is 14.1. The third kappa shape index (κ3) is 3.99. The first-order valence-electron chi connectivity index (χ1n) is 14.6. The van der Waals surface area contributed by atoms with Gasteiger partial charge in [-0.25, -0.2) is 0 Å². The van der Waals surface area contributed by atoms with Crippen LogP contribution in [0.5, 0.6) is 0 Å². The van der Waals surface area contributed by atoms with E-state index in [9.17, 15) is 10.2 Å². The van der Waals surface area contributed by atoms with Gasteiger partial charge < -0.3 is 19.7 Å². The Morgan fingerprint density at radius 3 is 2.34 bits per heavy atom. The summed E-state index contributed by atoms with van der Waals surface area (Å²) in [6.07, 6.45) is 11.2. The summed E-state index contributed by atoms with van der Waals surface area (Å²) < 4.78 is 11.7. The molecule has 0 aromatic carbocycles. The molecule has 12 atom stereocenters. The van der Waals surface area contributed by atoms with Crippen molar-refractivity contribution in [3.8, 4) is 0 Å². The standard InChI is InChI=1S/C31H52O4/c1-18(22-14-20(22)3)8-9-19(2)23-10-11-24-28-25(16-27(33)30(23,24)5)29(4)12-13-31(34-6,35-7)17-21(29)15-26(28)32/h9,18,20-28,32-33H,8,10-17H2,1-7H3/b19-9+/t18-,20-,21+,22+,23-,24+,25+,26-,27-,28+,29+,30-/m1/s1. The Morgan fingerprint density at radius 2 is 1.71 bits per heavy atom. The van der Waals surface area contributed by atoms with Gasteiger partial charge in [0.15, 0.2) is 5.79 Å². The molecule has 0 heterocycles. The fourth-order valence-electron chi connectivity index (χ4n) is 10.2. The van der Waals surface area contributed by atoms with Gasteiger partial charge in [-0.3, -0.25) is 0 Å². The number of rotatable bonds is 6. The highest BCUT2D eigenvalue weighted by molar-refractivity contribution is 5.20. The summed E-state index contributed by atoms with van der Waals surface area (Å²) in [6.45, 7) is 11.9. The van der Waals surface area contributed by atoms with E-state index in [4.69, 9.17) is 9.47 Å². The van der Waals surface area contributed by atoms with Crippen LogP contribution >= 0.6 is 0 Å². The van der Waals surface area contributed by atoms with Crippen molar-refractivity contribution in [3.05, 3.63) is 11.6 Å². The average Bonchev–Trinajstić information content (AvgIpc) is 3.46. The molecule has 0 bridgehead atoms. The van der Waals surface area contributed by atoms with Gasteiger partial charge in [0, 0.05) is 32.5 Å². The van der Waals surface area contributed by atoms with Crippen molar-refractivity contribution in [2.75, 3.05) is 14.2 Å². The first-order chi connectivity index (χ1) is 16.5. The van der Waals surface area contributed by atoms with Gasteiger partial charge in [0.05, 0.1) is 12.2 Å². The smallest absolute Gasteiger partial charge is 0.167 e. The molecular weight excluding hydrogens is 436 g/mol. The second kappa shape index (κ2) is 9.10. The molecule has 0 unspecified atom stereocenters. The molecular formula is C31H52O4. The van der Waals surface area contributed by atoms with Crippen LogP contribution in [-0.4, -0.2) is 42.4 Å². The van der Waals surface area contributed by atoms with Crippen LogP contribution in [-0.2, 0) is 9.47 Å². The molecule has 5 rings (SSSR count). The average molecular weight is 489 g/mol. The molecule has 0 amide bonds. The zero-order valence-corrected chi connectivity index (χ0v) is 23.4. The Labute approximate surface area is 214 Å². The molecule has 2 N–H and O–H groups in total. The number of fused-ring (bicyclic) bond motifs is 5. The van der Waals surface area contributed by atoms with Gasteiger partial charge in [-0.2, -0.15) is 0 Å². The molecule has 0 radical (unpaired) electrons. The third-order valence-electron chi connectivity index (χ3n) is 12.8. The number of allylic oxidation sites excluding steroid dienone is 2. The Kier molecular flexibility index (Phi) is 6.81. The molecule has 4 heteroatoms. The van der Waals surface area contributed by atoms with Crippen LogP contribution in [0.2, 0.25) is 0 Å². The zero-order chi connectivity index (χ0) is 25.3. The molecule has 4 nitrogen and oxygen atoms in total. The van der Waals surface area contributed by atoms with Crippen LogP contribution in [0, 0.1) is 58.2 Å². The third-order valence-corrected chi connectivity index (χ3v) is 12.8. The van der Waals surface area contributed by atoms with E-state index >= 15 is 0 Å². The lowest BCUT2D eigenvalue weighted by Gasteiger charge is -2.64. The normalized spacial score (nSPS) is 51.8. The number of aliphatic hydroxyl groups is 2. The highest BCUT2D eigenvalue weighted by Crippen LogP contribution is 2.69. The molecule has 0 saturated heterocycles. The fourth-order valence-corrected chi connectivity index (χ4v) is 10.2. The minimum atomic E-state index is -0.520. The van der Waals surface area contributed by atoms with Crippen molar-refractivity contribution in [1.82, 2.24) is 0 Å².